The summed E-state index contributed by atoms with van der Waals surface area (Å²) in [5.74, 6) is 0.729. The lowest BCUT2D eigenvalue weighted by atomic mass is 10.2. The predicted molar refractivity (Wildman–Crippen MR) is 96.2 cm³/mol. The van der Waals surface area contributed by atoms with Crippen LogP contribution in [0.2, 0.25) is 5.02 Å². The van der Waals surface area contributed by atoms with Crippen molar-refractivity contribution in [2.45, 2.75) is 26.3 Å². The fourth-order valence-corrected chi connectivity index (χ4v) is 2.05. The Kier molecular flexibility index (Phi) is 11.3. The molecule has 0 bridgehead atoms. The molecule has 0 radical (unpaired) electrons. The number of benzene rings is 1. The van der Waals surface area contributed by atoms with Crippen molar-refractivity contribution < 1.29 is 9.47 Å². The van der Waals surface area contributed by atoms with Crippen LogP contribution in [0.5, 0.6) is 0 Å². The summed E-state index contributed by atoms with van der Waals surface area (Å²) < 4.78 is 10.9. The maximum Gasteiger partial charge on any atom is 0.191 e. The summed E-state index contributed by atoms with van der Waals surface area (Å²) in [6.07, 6.45) is 2.26. The zero-order valence-electron chi connectivity index (χ0n) is 14.1. The average molecular weight is 342 g/mol. The lowest BCUT2D eigenvalue weighted by molar-refractivity contribution is 0.0487. The van der Waals surface area contributed by atoms with Gasteiger partial charge in [-0.25, -0.2) is 0 Å². The number of halogens is 1. The highest BCUT2D eigenvalue weighted by Crippen LogP contribution is 2.14. The molecule has 5 nitrogen and oxygen atoms in total. The largest absolute Gasteiger partial charge is 0.379 e. The predicted octanol–water partition coefficient (Wildman–Crippen LogP) is 2.84. The van der Waals surface area contributed by atoms with Gasteiger partial charge in [-0.1, -0.05) is 43.1 Å². The highest BCUT2D eigenvalue weighted by molar-refractivity contribution is 6.31. The quantitative estimate of drug-likeness (QED) is 0.369. The zero-order valence-corrected chi connectivity index (χ0v) is 14.9. The number of ether oxygens (including phenoxy) is 2. The Morgan fingerprint density at radius 1 is 1.09 bits per heavy atom. The van der Waals surface area contributed by atoms with Crippen LogP contribution >= 0.6 is 11.6 Å². The van der Waals surface area contributed by atoms with E-state index in [0.29, 0.717) is 32.9 Å². The van der Waals surface area contributed by atoms with Gasteiger partial charge in [0.1, 0.15) is 0 Å². The summed E-state index contributed by atoms with van der Waals surface area (Å²) in [6.45, 7) is 6.18. The molecule has 130 valence electrons. The SMILES string of the molecule is CCCCOCCOCCNC(=NC)NCc1ccccc1Cl. The molecule has 0 amide bonds. The number of hydrogen-bond donors (Lipinski definition) is 2. The monoisotopic (exact) mass is 341 g/mol. The minimum absolute atomic E-state index is 0.615. The summed E-state index contributed by atoms with van der Waals surface area (Å²) in [5, 5.41) is 7.18. The van der Waals surface area contributed by atoms with E-state index in [1.54, 1.807) is 7.05 Å². The topological polar surface area (TPSA) is 54.9 Å². The Morgan fingerprint density at radius 2 is 1.83 bits per heavy atom. The van der Waals surface area contributed by atoms with Crippen LogP contribution in [0.1, 0.15) is 25.3 Å². The van der Waals surface area contributed by atoms with E-state index >= 15 is 0 Å². The molecule has 0 aliphatic carbocycles. The lowest BCUT2D eigenvalue weighted by Crippen LogP contribution is -2.38. The second-order valence-electron chi connectivity index (χ2n) is 5.02. The third kappa shape index (κ3) is 9.43. The van der Waals surface area contributed by atoms with Gasteiger partial charge in [0, 0.05) is 31.8 Å². The normalized spacial score (nSPS) is 11.5. The highest BCUT2D eigenvalue weighted by Gasteiger charge is 2.01. The van der Waals surface area contributed by atoms with Crippen LogP contribution in [0.15, 0.2) is 29.3 Å². The van der Waals surface area contributed by atoms with Crippen LogP contribution in [0.25, 0.3) is 0 Å². The van der Waals surface area contributed by atoms with Gasteiger partial charge in [0.05, 0.1) is 19.8 Å². The van der Waals surface area contributed by atoms with Crippen molar-refractivity contribution in [1.29, 1.82) is 0 Å². The van der Waals surface area contributed by atoms with E-state index in [1.807, 2.05) is 24.3 Å². The van der Waals surface area contributed by atoms with Crippen LogP contribution in [-0.2, 0) is 16.0 Å². The lowest BCUT2D eigenvalue weighted by Gasteiger charge is -2.13. The van der Waals surface area contributed by atoms with E-state index in [0.717, 1.165) is 36.0 Å². The minimum atomic E-state index is 0.615. The van der Waals surface area contributed by atoms with Crippen molar-refractivity contribution in [3.05, 3.63) is 34.9 Å². The molecule has 2 N–H and O–H groups in total. The first kappa shape index (κ1) is 19.7. The zero-order chi connectivity index (χ0) is 16.8. The number of guanidine groups is 1. The van der Waals surface area contributed by atoms with Crippen LogP contribution in [0.4, 0.5) is 0 Å². The summed E-state index contributed by atoms with van der Waals surface area (Å²) in [7, 11) is 1.74. The van der Waals surface area contributed by atoms with Crippen molar-refractivity contribution in [1.82, 2.24) is 10.6 Å². The molecule has 0 spiro atoms. The standard InChI is InChI=1S/C17H28ClN3O2/c1-3-4-10-22-12-13-23-11-9-20-17(19-2)21-14-15-7-5-6-8-16(15)18/h5-8H,3-4,9-14H2,1-2H3,(H2,19,20,21). The van der Waals surface area contributed by atoms with Crippen molar-refractivity contribution in [2.24, 2.45) is 4.99 Å². The second-order valence-corrected chi connectivity index (χ2v) is 5.43. The number of unbranched alkanes of at least 4 members (excludes halogenated alkanes) is 1. The maximum atomic E-state index is 6.13. The van der Waals surface area contributed by atoms with E-state index in [9.17, 15) is 0 Å². The van der Waals surface area contributed by atoms with Crippen molar-refractivity contribution in [3.8, 4) is 0 Å². The van der Waals surface area contributed by atoms with Gasteiger partial charge in [0.2, 0.25) is 0 Å². The minimum Gasteiger partial charge on any atom is -0.379 e. The van der Waals surface area contributed by atoms with Crippen LogP contribution in [0.3, 0.4) is 0 Å². The number of rotatable bonds is 11. The molecule has 0 saturated carbocycles. The fraction of sp³-hybridized carbons (Fsp3) is 0.588. The van der Waals surface area contributed by atoms with E-state index in [1.165, 1.54) is 0 Å². The van der Waals surface area contributed by atoms with E-state index < -0.39 is 0 Å². The van der Waals surface area contributed by atoms with E-state index in [-0.39, 0.29) is 0 Å². The molecule has 0 saturated heterocycles. The van der Waals surface area contributed by atoms with Gasteiger partial charge >= 0.3 is 0 Å². The van der Waals surface area contributed by atoms with Gasteiger partial charge in [0.25, 0.3) is 0 Å². The molecule has 0 aliphatic heterocycles. The Bertz CT molecular complexity index is 455. The van der Waals surface area contributed by atoms with Crippen molar-refractivity contribution >= 4 is 17.6 Å². The average Bonchev–Trinajstić information content (AvgIpc) is 2.57. The highest BCUT2D eigenvalue weighted by atomic mass is 35.5. The molecular weight excluding hydrogens is 314 g/mol. The number of nitrogens with zero attached hydrogens (tertiary/aromatic N) is 1. The Balaban J connectivity index is 2.07. The molecule has 0 aliphatic rings. The fourth-order valence-electron chi connectivity index (χ4n) is 1.85. The third-order valence-electron chi connectivity index (χ3n) is 3.18. The van der Waals surface area contributed by atoms with Crippen molar-refractivity contribution in [3.63, 3.8) is 0 Å². The Morgan fingerprint density at radius 3 is 2.52 bits per heavy atom. The second kappa shape index (κ2) is 13.2. The Labute approximate surface area is 144 Å². The molecular formula is C17H28ClN3O2. The van der Waals surface area contributed by atoms with Gasteiger partial charge in [0.15, 0.2) is 5.96 Å². The van der Waals surface area contributed by atoms with Crippen LogP contribution < -0.4 is 10.6 Å². The third-order valence-corrected chi connectivity index (χ3v) is 3.55. The number of aliphatic imine (C=N–C) groups is 1. The van der Waals surface area contributed by atoms with Gasteiger partial charge in [-0.2, -0.15) is 0 Å². The molecule has 1 aromatic carbocycles. The summed E-state index contributed by atoms with van der Waals surface area (Å²) >= 11 is 6.13. The molecule has 0 atom stereocenters. The molecule has 23 heavy (non-hydrogen) atoms. The molecule has 6 heteroatoms. The van der Waals surface area contributed by atoms with Gasteiger partial charge < -0.3 is 20.1 Å². The first-order valence-corrected chi connectivity index (χ1v) is 8.49. The molecule has 0 heterocycles. The molecule has 0 fully saturated rings. The molecule has 1 rings (SSSR count). The summed E-state index contributed by atoms with van der Waals surface area (Å²) in [5.41, 5.74) is 1.04. The number of nitrogens with one attached hydrogen (secondary N) is 2. The maximum absolute atomic E-state index is 6.13. The van der Waals surface area contributed by atoms with E-state index in [4.69, 9.17) is 21.1 Å². The van der Waals surface area contributed by atoms with Gasteiger partial charge in [-0.15, -0.1) is 0 Å². The number of hydrogen-bond acceptors (Lipinski definition) is 3. The van der Waals surface area contributed by atoms with Crippen LogP contribution in [0, 0.1) is 0 Å². The summed E-state index contributed by atoms with van der Waals surface area (Å²) in [6, 6.07) is 7.76. The summed E-state index contributed by atoms with van der Waals surface area (Å²) in [4.78, 5) is 4.17. The van der Waals surface area contributed by atoms with Crippen molar-refractivity contribution in [2.75, 3.05) is 40.0 Å². The Hall–Kier alpha value is -1.30. The smallest absolute Gasteiger partial charge is 0.191 e. The van der Waals surface area contributed by atoms with Gasteiger partial charge in [-0.05, 0) is 18.1 Å². The molecule has 1 aromatic rings. The first-order valence-electron chi connectivity index (χ1n) is 8.11. The van der Waals surface area contributed by atoms with Gasteiger partial charge in [-0.3, -0.25) is 4.99 Å². The van der Waals surface area contributed by atoms with Crippen LogP contribution in [-0.4, -0.2) is 46.0 Å². The van der Waals surface area contributed by atoms with E-state index in [2.05, 4.69) is 22.5 Å². The first-order chi connectivity index (χ1) is 11.3. The molecule has 0 aromatic heterocycles. The molecule has 0 unspecified atom stereocenters.